The fraction of sp³-hybridized carbons (Fsp3) is 0.182. The van der Waals surface area contributed by atoms with Gasteiger partial charge >= 0.3 is 0 Å². The van der Waals surface area contributed by atoms with Crippen LogP contribution >= 0.6 is 22.6 Å². The normalized spacial score (nSPS) is 14.3. The molecule has 0 unspecified atom stereocenters. The van der Waals surface area contributed by atoms with Crippen LogP contribution in [-0.4, -0.2) is 0 Å². The number of allylic oxidation sites excluding steroid dienone is 1. The Kier molecular flexibility index (Phi) is 2.36. The number of nitriles is 1. The minimum absolute atomic E-state index is 0.768. The number of fused-ring (bicyclic) bond motifs is 1. The SMILES string of the molecule is N#Cc1ccc2c(c1)CCC(I)=C2. The Hall–Kier alpha value is -0.820. The Balaban J connectivity index is 2.51. The number of halogens is 1. The lowest BCUT2D eigenvalue weighted by molar-refractivity contribution is 0.979. The molecule has 0 N–H and O–H groups in total. The molecule has 13 heavy (non-hydrogen) atoms. The number of aryl methyl sites for hydroxylation is 1. The zero-order valence-corrected chi connectivity index (χ0v) is 9.21. The maximum Gasteiger partial charge on any atom is 0.0991 e. The van der Waals surface area contributed by atoms with E-state index in [-0.39, 0.29) is 0 Å². The average Bonchev–Trinajstić information content (AvgIpc) is 2.17. The molecule has 0 saturated heterocycles. The largest absolute Gasteiger partial charge is 0.192 e. The number of nitrogens with zero attached hydrogens (tertiary/aromatic N) is 1. The van der Waals surface area contributed by atoms with E-state index in [1.165, 1.54) is 14.7 Å². The van der Waals surface area contributed by atoms with Crippen LogP contribution in [0.3, 0.4) is 0 Å². The zero-order chi connectivity index (χ0) is 9.26. The molecule has 0 saturated carbocycles. The summed E-state index contributed by atoms with van der Waals surface area (Å²) in [6.07, 6.45) is 4.38. The van der Waals surface area contributed by atoms with E-state index in [9.17, 15) is 0 Å². The van der Waals surface area contributed by atoms with E-state index in [2.05, 4.69) is 34.7 Å². The van der Waals surface area contributed by atoms with E-state index in [0.29, 0.717) is 0 Å². The van der Waals surface area contributed by atoms with Crippen LogP contribution in [0.5, 0.6) is 0 Å². The van der Waals surface area contributed by atoms with Crippen molar-refractivity contribution in [3.63, 3.8) is 0 Å². The molecule has 0 radical (unpaired) electrons. The smallest absolute Gasteiger partial charge is 0.0991 e. The fourth-order valence-corrected chi connectivity index (χ4v) is 2.13. The van der Waals surface area contributed by atoms with Crippen molar-refractivity contribution in [3.05, 3.63) is 38.5 Å². The molecule has 2 rings (SSSR count). The van der Waals surface area contributed by atoms with E-state index in [1.807, 2.05) is 18.2 Å². The lowest BCUT2D eigenvalue weighted by atomic mass is 9.96. The second-order valence-corrected chi connectivity index (χ2v) is 4.50. The molecule has 0 aliphatic heterocycles. The van der Waals surface area contributed by atoms with Crippen molar-refractivity contribution in [2.45, 2.75) is 12.8 Å². The van der Waals surface area contributed by atoms with E-state index >= 15 is 0 Å². The predicted octanol–water partition coefficient (Wildman–Crippen LogP) is 3.28. The highest BCUT2D eigenvalue weighted by atomic mass is 127. The molecule has 1 aliphatic carbocycles. The first kappa shape index (κ1) is 8.76. The molecule has 0 fully saturated rings. The lowest BCUT2D eigenvalue weighted by Crippen LogP contribution is -1.96. The van der Waals surface area contributed by atoms with Gasteiger partial charge in [0.1, 0.15) is 0 Å². The summed E-state index contributed by atoms with van der Waals surface area (Å²) >= 11 is 2.37. The van der Waals surface area contributed by atoms with Crippen molar-refractivity contribution in [2.24, 2.45) is 0 Å². The lowest BCUT2D eigenvalue weighted by Gasteiger charge is -2.12. The van der Waals surface area contributed by atoms with Crippen LogP contribution in [-0.2, 0) is 6.42 Å². The Bertz CT molecular complexity index is 413. The first-order valence-electron chi connectivity index (χ1n) is 4.19. The van der Waals surface area contributed by atoms with Gasteiger partial charge in [-0.3, -0.25) is 0 Å². The zero-order valence-electron chi connectivity index (χ0n) is 7.05. The first-order valence-corrected chi connectivity index (χ1v) is 5.26. The van der Waals surface area contributed by atoms with E-state index < -0.39 is 0 Å². The van der Waals surface area contributed by atoms with Crippen molar-refractivity contribution in [3.8, 4) is 6.07 Å². The Labute approximate surface area is 91.2 Å². The molecule has 0 amide bonds. The van der Waals surface area contributed by atoms with Gasteiger partial charge < -0.3 is 0 Å². The van der Waals surface area contributed by atoms with Gasteiger partial charge in [-0.15, -0.1) is 0 Å². The molecule has 2 heteroatoms. The second kappa shape index (κ2) is 3.51. The van der Waals surface area contributed by atoms with Crippen molar-refractivity contribution < 1.29 is 0 Å². The van der Waals surface area contributed by atoms with Crippen LogP contribution < -0.4 is 0 Å². The summed E-state index contributed by atoms with van der Waals surface area (Å²) in [4.78, 5) is 0. The quantitative estimate of drug-likeness (QED) is 0.669. The summed E-state index contributed by atoms with van der Waals surface area (Å²) in [5, 5.41) is 8.72. The molecule has 0 bridgehead atoms. The van der Waals surface area contributed by atoms with Gasteiger partial charge in [-0.05, 0) is 68.3 Å². The van der Waals surface area contributed by atoms with E-state index in [4.69, 9.17) is 5.26 Å². The third-order valence-electron chi connectivity index (χ3n) is 2.22. The third kappa shape index (κ3) is 1.75. The second-order valence-electron chi connectivity index (χ2n) is 3.12. The van der Waals surface area contributed by atoms with Crippen LogP contribution in [0.1, 0.15) is 23.1 Å². The van der Waals surface area contributed by atoms with Crippen LogP contribution in [0.4, 0.5) is 0 Å². The van der Waals surface area contributed by atoms with Crippen molar-refractivity contribution in [1.29, 1.82) is 5.26 Å². The highest BCUT2D eigenvalue weighted by Crippen LogP contribution is 2.27. The molecular formula is C11H8IN. The molecular weight excluding hydrogens is 273 g/mol. The first-order chi connectivity index (χ1) is 6.29. The summed E-state index contributed by atoms with van der Waals surface area (Å²) in [5.74, 6) is 0. The van der Waals surface area contributed by atoms with Crippen molar-refractivity contribution in [1.82, 2.24) is 0 Å². The van der Waals surface area contributed by atoms with Crippen LogP contribution in [0.2, 0.25) is 0 Å². The molecule has 0 heterocycles. The standard InChI is InChI=1S/C11H8IN/c12-11-4-3-9-5-8(7-13)1-2-10(9)6-11/h1-2,5-6H,3-4H2. The topological polar surface area (TPSA) is 23.8 Å². The monoisotopic (exact) mass is 281 g/mol. The van der Waals surface area contributed by atoms with Gasteiger partial charge in [0.15, 0.2) is 0 Å². The van der Waals surface area contributed by atoms with Crippen molar-refractivity contribution >= 4 is 28.7 Å². The summed E-state index contributed by atoms with van der Waals surface area (Å²) < 4.78 is 1.40. The molecule has 0 atom stereocenters. The summed E-state index contributed by atoms with van der Waals surface area (Å²) in [6.45, 7) is 0. The van der Waals surface area contributed by atoms with E-state index in [1.54, 1.807) is 0 Å². The maximum atomic E-state index is 8.72. The van der Waals surface area contributed by atoms with E-state index in [0.717, 1.165) is 18.4 Å². The average molecular weight is 281 g/mol. The minimum Gasteiger partial charge on any atom is -0.192 e. The molecule has 1 aliphatic rings. The number of hydrogen-bond acceptors (Lipinski definition) is 1. The summed E-state index contributed by atoms with van der Waals surface area (Å²) in [6, 6.07) is 8.07. The summed E-state index contributed by atoms with van der Waals surface area (Å²) in [7, 11) is 0. The molecule has 1 aromatic carbocycles. The fourth-order valence-electron chi connectivity index (χ4n) is 1.53. The Morgan fingerprint density at radius 1 is 1.31 bits per heavy atom. The summed E-state index contributed by atoms with van der Waals surface area (Å²) in [5.41, 5.74) is 3.35. The van der Waals surface area contributed by atoms with Gasteiger partial charge in [0.25, 0.3) is 0 Å². The van der Waals surface area contributed by atoms with Crippen molar-refractivity contribution in [2.75, 3.05) is 0 Å². The highest BCUT2D eigenvalue weighted by molar-refractivity contribution is 14.1. The van der Waals surface area contributed by atoms with Gasteiger partial charge in [-0.1, -0.05) is 6.07 Å². The molecule has 1 aromatic rings. The van der Waals surface area contributed by atoms with Crippen LogP contribution in [0.15, 0.2) is 21.8 Å². The minimum atomic E-state index is 0.768. The maximum absolute atomic E-state index is 8.72. The van der Waals surface area contributed by atoms with Gasteiger partial charge in [-0.2, -0.15) is 5.26 Å². The number of hydrogen-bond donors (Lipinski definition) is 0. The van der Waals surface area contributed by atoms with Gasteiger partial charge in [0.2, 0.25) is 0 Å². The third-order valence-corrected chi connectivity index (χ3v) is 3.07. The number of benzene rings is 1. The Morgan fingerprint density at radius 2 is 2.15 bits per heavy atom. The molecule has 1 nitrogen and oxygen atoms in total. The molecule has 64 valence electrons. The number of rotatable bonds is 0. The highest BCUT2D eigenvalue weighted by Gasteiger charge is 2.08. The Morgan fingerprint density at radius 3 is 2.92 bits per heavy atom. The van der Waals surface area contributed by atoms with Crippen LogP contribution in [0, 0.1) is 11.3 Å². The molecule has 0 aromatic heterocycles. The molecule has 0 spiro atoms. The predicted molar refractivity (Wildman–Crippen MR) is 61.5 cm³/mol. The van der Waals surface area contributed by atoms with Crippen LogP contribution in [0.25, 0.3) is 6.08 Å². The van der Waals surface area contributed by atoms with Gasteiger partial charge in [0.05, 0.1) is 11.6 Å². The van der Waals surface area contributed by atoms with Gasteiger partial charge in [-0.25, -0.2) is 0 Å². The van der Waals surface area contributed by atoms with Gasteiger partial charge in [0, 0.05) is 0 Å².